The van der Waals surface area contributed by atoms with Crippen molar-refractivity contribution in [3.63, 3.8) is 0 Å². The lowest BCUT2D eigenvalue weighted by Crippen LogP contribution is -2.21. The minimum absolute atomic E-state index is 0.334. The molecule has 3 aromatic heterocycles. The molecule has 160 valence electrons. The molecule has 3 heterocycles. The molecule has 5 rings (SSSR count). The molecule has 0 amide bonds. The number of hydrogen-bond acceptors (Lipinski definition) is 4. The summed E-state index contributed by atoms with van der Waals surface area (Å²) >= 11 is 0. The molecule has 0 aliphatic carbocycles. The lowest BCUT2D eigenvalue weighted by molar-refractivity contribution is -0.137. The topological polar surface area (TPSA) is 78.7 Å². The molecule has 6 nitrogen and oxygen atoms in total. The number of nitrogens with zero attached hydrogens (tertiary/aromatic N) is 4. The zero-order chi connectivity index (χ0) is 22.6. The Labute approximate surface area is 179 Å². The van der Waals surface area contributed by atoms with Crippen molar-refractivity contribution in [3.8, 4) is 16.8 Å². The number of anilines is 1. The molecule has 0 spiro atoms. The average Bonchev–Trinajstić information content (AvgIpc) is 3.04. The number of pyridine rings is 2. The van der Waals surface area contributed by atoms with Gasteiger partial charge in [-0.2, -0.15) is 13.2 Å². The molecule has 0 unspecified atom stereocenters. The van der Waals surface area contributed by atoms with Gasteiger partial charge in [0.05, 0.1) is 34.0 Å². The molecule has 0 bridgehead atoms. The molecular formula is C23H16F3N5O. The van der Waals surface area contributed by atoms with Crippen molar-refractivity contribution in [2.45, 2.75) is 6.18 Å². The summed E-state index contributed by atoms with van der Waals surface area (Å²) in [7, 11) is 1.60. The fourth-order valence-electron chi connectivity index (χ4n) is 3.79. The van der Waals surface area contributed by atoms with E-state index in [1.807, 2.05) is 24.3 Å². The van der Waals surface area contributed by atoms with Crippen LogP contribution in [0.5, 0.6) is 0 Å². The van der Waals surface area contributed by atoms with Crippen LogP contribution in [0.15, 0.2) is 71.8 Å². The van der Waals surface area contributed by atoms with E-state index in [1.165, 1.54) is 21.3 Å². The minimum Gasteiger partial charge on any atom is -0.384 e. The van der Waals surface area contributed by atoms with Gasteiger partial charge in [-0.3, -0.25) is 14.1 Å². The molecule has 0 saturated carbocycles. The molecular weight excluding hydrogens is 419 g/mol. The summed E-state index contributed by atoms with van der Waals surface area (Å²) in [6.07, 6.45) is -1.22. The summed E-state index contributed by atoms with van der Waals surface area (Å²) in [5.74, 6) is 0.401. The first-order chi connectivity index (χ1) is 15.2. The van der Waals surface area contributed by atoms with E-state index < -0.39 is 11.7 Å². The molecule has 5 aromatic rings. The summed E-state index contributed by atoms with van der Waals surface area (Å²) in [6.45, 7) is 0. The maximum absolute atomic E-state index is 13.1. The Morgan fingerprint density at radius 3 is 2.28 bits per heavy atom. The fraction of sp³-hybridized carbons (Fsp3) is 0.0870. The van der Waals surface area contributed by atoms with Gasteiger partial charge in [0.15, 0.2) is 0 Å². The Bertz CT molecular complexity index is 1530. The number of halogens is 3. The number of fused-ring (bicyclic) bond motifs is 3. The molecule has 32 heavy (non-hydrogen) atoms. The number of aromatic nitrogens is 4. The Kier molecular flexibility index (Phi) is 4.30. The molecule has 0 fully saturated rings. The SMILES string of the molecule is Cn1c(=O)n(-c2ccc(C(F)(F)F)cc2)c2c3cc(-c4ccc(N)nc4)ccc3ncc21. The van der Waals surface area contributed by atoms with Crippen LogP contribution < -0.4 is 11.4 Å². The summed E-state index contributed by atoms with van der Waals surface area (Å²) in [6, 6.07) is 13.7. The Balaban J connectivity index is 1.79. The van der Waals surface area contributed by atoms with E-state index in [1.54, 1.807) is 25.5 Å². The van der Waals surface area contributed by atoms with Gasteiger partial charge in [0.2, 0.25) is 0 Å². The van der Waals surface area contributed by atoms with E-state index in [9.17, 15) is 18.0 Å². The number of rotatable bonds is 2. The van der Waals surface area contributed by atoms with Crippen LogP contribution in [-0.2, 0) is 13.2 Å². The highest BCUT2D eigenvalue weighted by atomic mass is 19.4. The Hall–Kier alpha value is -4.14. The predicted octanol–water partition coefficient (Wildman–Crippen LogP) is 4.54. The maximum Gasteiger partial charge on any atom is 0.416 e. The number of aryl methyl sites for hydroxylation is 1. The lowest BCUT2D eigenvalue weighted by atomic mass is 10.0. The number of hydrogen-bond donors (Lipinski definition) is 1. The van der Waals surface area contributed by atoms with E-state index in [0.717, 1.165) is 23.3 Å². The minimum atomic E-state index is -4.46. The standard InChI is InChI=1S/C23H16F3N5O/c1-30-19-12-28-18-8-2-13(14-3-9-20(27)29-11-14)10-17(18)21(19)31(22(30)32)16-6-4-15(5-7-16)23(24,25)26/h2-12H,1H3,(H2,27,29). The largest absolute Gasteiger partial charge is 0.416 e. The van der Waals surface area contributed by atoms with Gasteiger partial charge >= 0.3 is 11.9 Å². The second kappa shape index (κ2) is 6.94. The van der Waals surface area contributed by atoms with Crippen LogP contribution >= 0.6 is 0 Å². The van der Waals surface area contributed by atoms with Crippen molar-refractivity contribution >= 4 is 27.8 Å². The first-order valence-corrected chi connectivity index (χ1v) is 9.64. The van der Waals surface area contributed by atoms with E-state index in [2.05, 4.69) is 9.97 Å². The first-order valence-electron chi connectivity index (χ1n) is 9.64. The highest BCUT2D eigenvalue weighted by molar-refractivity contribution is 6.04. The number of benzene rings is 2. The number of nitrogens with two attached hydrogens (primary N) is 1. The quantitative estimate of drug-likeness (QED) is 0.442. The zero-order valence-electron chi connectivity index (χ0n) is 16.8. The smallest absolute Gasteiger partial charge is 0.384 e. The third-order valence-corrected chi connectivity index (χ3v) is 5.46. The normalized spacial score (nSPS) is 12.0. The van der Waals surface area contributed by atoms with Gasteiger partial charge < -0.3 is 5.73 Å². The molecule has 0 radical (unpaired) electrons. The Morgan fingerprint density at radius 2 is 1.62 bits per heavy atom. The predicted molar refractivity (Wildman–Crippen MR) is 116 cm³/mol. The van der Waals surface area contributed by atoms with Gasteiger partial charge in [-0.05, 0) is 54.1 Å². The molecule has 0 atom stereocenters. The average molecular weight is 435 g/mol. The van der Waals surface area contributed by atoms with Crippen LogP contribution in [0.25, 0.3) is 38.8 Å². The van der Waals surface area contributed by atoms with Gasteiger partial charge in [0.1, 0.15) is 5.82 Å². The molecule has 9 heteroatoms. The van der Waals surface area contributed by atoms with Crippen LogP contribution in [-0.4, -0.2) is 19.1 Å². The summed E-state index contributed by atoms with van der Waals surface area (Å²) in [5, 5.41) is 0.689. The second-order valence-corrected chi connectivity index (χ2v) is 7.42. The first kappa shape index (κ1) is 19.8. The number of alkyl halides is 3. The molecule has 2 N–H and O–H groups in total. The van der Waals surface area contributed by atoms with Crippen molar-refractivity contribution in [2.75, 3.05) is 5.73 Å². The van der Waals surface area contributed by atoms with Gasteiger partial charge in [-0.1, -0.05) is 6.07 Å². The highest BCUT2D eigenvalue weighted by Gasteiger charge is 2.30. The van der Waals surface area contributed by atoms with Crippen molar-refractivity contribution in [3.05, 3.63) is 83.0 Å². The summed E-state index contributed by atoms with van der Waals surface area (Å²) in [5.41, 5.74) is 8.30. The third kappa shape index (κ3) is 3.09. The second-order valence-electron chi connectivity index (χ2n) is 7.42. The summed E-state index contributed by atoms with van der Waals surface area (Å²) in [4.78, 5) is 21.6. The summed E-state index contributed by atoms with van der Waals surface area (Å²) < 4.78 is 41.8. The zero-order valence-corrected chi connectivity index (χ0v) is 16.8. The maximum atomic E-state index is 13.1. The number of imidazole rings is 1. The van der Waals surface area contributed by atoms with E-state index in [-0.39, 0.29) is 5.69 Å². The fourth-order valence-corrected chi connectivity index (χ4v) is 3.79. The van der Waals surface area contributed by atoms with Gasteiger partial charge in [-0.25, -0.2) is 9.78 Å². The van der Waals surface area contributed by atoms with Crippen molar-refractivity contribution in [2.24, 2.45) is 7.05 Å². The molecule has 0 saturated heterocycles. The van der Waals surface area contributed by atoms with Gasteiger partial charge in [0, 0.05) is 24.2 Å². The van der Waals surface area contributed by atoms with Crippen molar-refractivity contribution in [1.29, 1.82) is 0 Å². The lowest BCUT2D eigenvalue weighted by Gasteiger charge is -2.10. The number of nitrogen functional groups attached to an aromatic ring is 1. The van der Waals surface area contributed by atoms with E-state index in [4.69, 9.17) is 5.73 Å². The van der Waals surface area contributed by atoms with Gasteiger partial charge in [0.25, 0.3) is 0 Å². The highest BCUT2D eigenvalue weighted by Crippen LogP contribution is 2.32. The van der Waals surface area contributed by atoms with Crippen LogP contribution in [0, 0.1) is 0 Å². The van der Waals surface area contributed by atoms with Crippen LogP contribution in [0.4, 0.5) is 19.0 Å². The van der Waals surface area contributed by atoms with Gasteiger partial charge in [-0.15, -0.1) is 0 Å². The van der Waals surface area contributed by atoms with Crippen LogP contribution in [0.2, 0.25) is 0 Å². The van der Waals surface area contributed by atoms with E-state index in [0.29, 0.717) is 33.4 Å². The molecule has 0 aliphatic heterocycles. The van der Waals surface area contributed by atoms with Crippen LogP contribution in [0.1, 0.15) is 5.56 Å². The van der Waals surface area contributed by atoms with Crippen molar-refractivity contribution < 1.29 is 13.2 Å². The van der Waals surface area contributed by atoms with Crippen molar-refractivity contribution in [1.82, 2.24) is 19.1 Å². The monoisotopic (exact) mass is 435 g/mol. The third-order valence-electron chi connectivity index (χ3n) is 5.46. The van der Waals surface area contributed by atoms with E-state index >= 15 is 0 Å². The Morgan fingerprint density at radius 1 is 0.906 bits per heavy atom. The van der Waals surface area contributed by atoms with Crippen LogP contribution in [0.3, 0.4) is 0 Å². The molecule has 2 aromatic carbocycles. The molecule has 0 aliphatic rings.